The number of ether oxygens (including phenoxy) is 1. The van der Waals surface area contributed by atoms with Crippen molar-refractivity contribution in [3.8, 4) is 16.9 Å². The summed E-state index contributed by atoms with van der Waals surface area (Å²) in [5.74, 6) is 1.96. The van der Waals surface area contributed by atoms with E-state index in [-0.39, 0.29) is 5.43 Å². The highest BCUT2D eigenvalue weighted by molar-refractivity contribution is 5.85. The van der Waals surface area contributed by atoms with Gasteiger partial charge in [-0.3, -0.25) is 9.69 Å². The fraction of sp³-hybridized carbons (Fsp3) is 0.222. The fourth-order valence-electron chi connectivity index (χ4n) is 4.44. The normalized spacial score (nSPS) is 14.6. The summed E-state index contributed by atoms with van der Waals surface area (Å²) in [6.07, 6.45) is 1.90. The van der Waals surface area contributed by atoms with Gasteiger partial charge in [0, 0.05) is 50.6 Å². The minimum Gasteiger partial charge on any atom is -0.497 e. The standard InChI is InChI=1S/C27H27N3O2/c1-32-24-10-7-22(8-11-24)25-19-27(30-14-13-23(31)9-12-26(25)30)29-17-15-28(16-18-29)20-21-5-3-2-4-6-21/h2-14,19H,15-18,20H2,1H3. The first kappa shape index (κ1) is 20.3. The topological polar surface area (TPSA) is 37.2 Å². The zero-order chi connectivity index (χ0) is 21.9. The van der Waals surface area contributed by atoms with E-state index in [9.17, 15) is 4.79 Å². The molecule has 5 heteroatoms. The van der Waals surface area contributed by atoms with E-state index in [4.69, 9.17) is 4.74 Å². The Balaban J connectivity index is 1.45. The van der Waals surface area contributed by atoms with Gasteiger partial charge in [0.25, 0.3) is 0 Å². The molecule has 2 aromatic carbocycles. The van der Waals surface area contributed by atoms with Crippen LogP contribution in [-0.2, 0) is 6.54 Å². The summed E-state index contributed by atoms with van der Waals surface area (Å²) in [5, 5.41) is 0. The predicted molar refractivity (Wildman–Crippen MR) is 130 cm³/mol. The van der Waals surface area contributed by atoms with Crippen LogP contribution in [0.25, 0.3) is 16.6 Å². The van der Waals surface area contributed by atoms with Gasteiger partial charge < -0.3 is 14.0 Å². The third-order valence-corrected chi connectivity index (χ3v) is 6.20. The van der Waals surface area contributed by atoms with Gasteiger partial charge in [0.2, 0.25) is 0 Å². The van der Waals surface area contributed by atoms with Crippen LogP contribution in [0.4, 0.5) is 5.82 Å². The lowest BCUT2D eigenvalue weighted by Gasteiger charge is -2.35. The second-order valence-electron chi connectivity index (χ2n) is 8.20. The van der Waals surface area contributed by atoms with Crippen molar-refractivity contribution in [2.24, 2.45) is 0 Å². The molecular formula is C27H27N3O2. The average Bonchev–Trinajstić information content (AvgIpc) is 3.10. The number of methoxy groups -OCH3 is 1. The highest BCUT2D eigenvalue weighted by Crippen LogP contribution is 2.33. The number of aromatic nitrogens is 1. The number of hydrogen-bond donors (Lipinski definition) is 0. The first-order chi connectivity index (χ1) is 15.7. The number of fused-ring (bicyclic) bond motifs is 1. The number of piperazine rings is 1. The van der Waals surface area contributed by atoms with Crippen LogP contribution in [0.3, 0.4) is 0 Å². The molecular weight excluding hydrogens is 398 g/mol. The van der Waals surface area contributed by atoms with Crippen molar-refractivity contribution in [1.29, 1.82) is 0 Å². The van der Waals surface area contributed by atoms with E-state index >= 15 is 0 Å². The van der Waals surface area contributed by atoms with Crippen LogP contribution in [0.15, 0.2) is 89.9 Å². The molecule has 0 radical (unpaired) electrons. The van der Waals surface area contributed by atoms with Crippen LogP contribution in [-0.4, -0.2) is 42.6 Å². The summed E-state index contributed by atoms with van der Waals surface area (Å²) in [4.78, 5) is 17.0. The highest BCUT2D eigenvalue weighted by atomic mass is 16.5. The molecule has 1 fully saturated rings. The maximum atomic E-state index is 12.1. The molecule has 5 rings (SSSR count). The van der Waals surface area contributed by atoms with Gasteiger partial charge in [-0.1, -0.05) is 42.5 Å². The third kappa shape index (κ3) is 4.12. The Kier molecular flexibility index (Phi) is 5.65. The van der Waals surface area contributed by atoms with Crippen molar-refractivity contribution < 1.29 is 4.74 Å². The highest BCUT2D eigenvalue weighted by Gasteiger charge is 2.21. The first-order valence-electron chi connectivity index (χ1n) is 11.0. The summed E-state index contributed by atoms with van der Waals surface area (Å²) in [5.41, 5.74) is 4.61. The molecule has 1 saturated heterocycles. The molecule has 0 atom stereocenters. The molecule has 2 aromatic heterocycles. The maximum Gasteiger partial charge on any atom is 0.180 e. The Morgan fingerprint density at radius 2 is 1.59 bits per heavy atom. The summed E-state index contributed by atoms with van der Waals surface area (Å²) in [6, 6.07) is 26.2. The molecule has 0 spiro atoms. The summed E-state index contributed by atoms with van der Waals surface area (Å²) < 4.78 is 7.46. The minimum absolute atomic E-state index is 0.00742. The van der Waals surface area contributed by atoms with Crippen LogP contribution >= 0.6 is 0 Å². The maximum absolute atomic E-state index is 12.1. The average molecular weight is 426 g/mol. The van der Waals surface area contributed by atoms with Crippen LogP contribution in [0.1, 0.15) is 5.56 Å². The second-order valence-corrected chi connectivity index (χ2v) is 8.20. The quantitative estimate of drug-likeness (QED) is 0.478. The van der Waals surface area contributed by atoms with Crippen molar-refractivity contribution in [2.45, 2.75) is 6.54 Å². The Morgan fingerprint density at radius 1 is 0.844 bits per heavy atom. The number of anilines is 1. The van der Waals surface area contributed by atoms with Crippen molar-refractivity contribution in [1.82, 2.24) is 9.30 Å². The van der Waals surface area contributed by atoms with Crippen LogP contribution in [0, 0.1) is 0 Å². The Bertz CT molecular complexity index is 1260. The Morgan fingerprint density at radius 3 is 2.31 bits per heavy atom. The zero-order valence-corrected chi connectivity index (χ0v) is 18.3. The Hall–Kier alpha value is -3.57. The van der Waals surface area contributed by atoms with Gasteiger partial charge >= 0.3 is 0 Å². The van der Waals surface area contributed by atoms with Crippen LogP contribution in [0.5, 0.6) is 5.75 Å². The molecule has 1 aliphatic rings. The largest absolute Gasteiger partial charge is 0.497 e. The Labute approximate surface area is 188 Å². The lowest BCUT2D eigenvalue weighted by atomic mass is 10.1. The van der Waals surface area contributed by atoms with E-state index in [2.05, 4.69) is 62.7 Å². The smallest absolute Gasteiger partial charge is 0.180 e. The monoisotopic (exact) mass is 425 g/mol. The van der Waals surface area contributed by atoms with Gasteiger partial charge in [0.1, 0.15) is 11.6 Å². The molecule has 0 saturated carbocycles. The van der Waals surface area contributed by atoms with E-state index in [0.717, 1.165) is 60.9 Å². The van der Waals surface area contributed by atoms with Crippen LogP contribution < -0.4 is 15.1 Å². The van der Waals surface area contributed by atoms with E-state index < -0.39 is 0 Å². The molecule has 3 heterocycles. The fourth-order valence-corrected chi connectivity index (χ4v) is 4.44. The number of hydrogen-bond acceptors (Lipinski definition) is 4. The van der Waals surface area contributed by atoms with Crippen LogP contribution in [0.2, 0.25) is 0 Å². The molecule has 5 nitrogen and oxygen atoms in total. The number of benzene rings is 2. The summed E-state index contributed by atoms with van der Waals surface area (Å²) in [7, 11) is 1.67. The number of rotatable bonds is 5. The molecule has 0 amide bonds. The van der Waals surface area contributed by atoms with Gasteiger partial charge in [-0.15, -0.1) is 0 Å². The summed E-state index contributed by atoms with van der Waals surface area (Å²) in [6.45, 7) is 4.89. The first-order valence-corrected chi connectivity index (χ1v) is 11.0. The molecule has 4 aromatic rings. The predicted octanol–water partition coefficient (Wildman–Crippen LogP) is 4.30. The van der Waals surface area contributed by atoms with Gasteiger partial charge in [-0.05, 0) is 41.5 Å². The molecule has 1 aliphatic heterocycles. The van der Waals surface area contributed by atoms with Crippen molar-refractivity contribution in [3.05, 3.63) is 101 Å². The molecule has 162 valence electrons. The zero-order valence-electron chi connectivity index (χ0n) is 18.3. The van der Waals surface area contributed by atoms with E-state index in [0.29, 0.717) is 0 Å². The van der Waals surface area contributed by atoms with Gasteiger partial charge in [0.05, 0.1) is 12.6 Å². The van der Waals surface area contributed by atoms with Gasteiger partial charge in [0.15, 0.2) is 5.43 Å². The van der Waals surface area contributed by atoms with E-state index in [1.54, 1.807) is 19.2 Å². The molecule has 0 N–H and O–H groups in total. The lowest BCUT2D eigenvalue weighted by Crippen LogP contribution is -2.46. The van der Waals surface area contributed by atoms with Gasteiger partial charge in [-0.2, -0.15) is 0 Å². The minimum atomic E-state index is 0.00742. The third-order valence-electron chi connectivity index (χ3n) is 6.20. The molecule has 0 bridgehead atoms. The second kappa shape index (κ2) is 8.89. The molecule has 32 heavy (non-hydrogen) atoms. The van der Waals surface area contributed by atoms with Crippen molar-refractivity contribution >= 4 is 11.3 Å². The molecule has 0 aliphatic carbocycles. The van der Waals surface area contributed by atoms with Gasteiger partial charge in [-0.25, -0.2) is 0 Å². The van der Waals surface area contributed by atoms with E-state index in [1.165, 1.54) is 5.56 Å². The SMILES string of the molecule is COc1ccc(-c2cc(N3CCN(Cc4ccccc4)CC3)n3ccc(=O)ccc23)cc1. The summed E-state index contributed by atoms with van der Waals surface area (Å²) >= 11 is 0. The number of nitrogens with zero attached hydrogens (tertiary/aromatic N) is 3. The van der Waals surface area contributed by atoms with Crippen molar-refractivity contribution in [2.75, 3.05) is 38.2 Å². The lowest BCUT2D eigenvalue weighted by molar-refractivity contribution is 0.249. The molecule has 0 unspecified atom stereocenters. The van der Waals surface area contributed by atoms with E-state index in [1.807, 2.05) is 24.4 Å². The van der Waals surface area contributed by atoms with Crippen molar-refractivity contribution in [3.63, 3.8) is 0 Å².